The number of nitrogens with zero attached hydrogens (tertiary/aromatic N) is 4. The van der Waals surface area contributed by atoms with Gasteiger partial charge in [-0.05, 0) is 33.4 Å². The summed E-state index contributed by atoms with van der Waals surface area (Å²) in [5, 5.41) is 12.4. The first-order valence-electron chi connectivity index (χ1n) is 6.37. The number of hydrogen-bond acceptors (Lipinski definition) is 4. The van der Waals surface area contributed by atoms with E-state index < -0.39 is 0 Å². The van der Waals surface area contributed by atoms with Gasteiger partial charge in [0.15, 0.2) is 0 Å². The van der Waals surface area contributed by atoms with Crippen LogP contribution in [0.5, 0.6) is 0 Å². The molecule has 0 amide bonds. The Kier molecular flexibility index (Phi) is 3.69. The van der Waals surface area contributed by atoms with E-state index in [1.54, 1.807) is 0 Å². The van der Waals surface area contributed by atoms with Crippen molar-refractivity contribution in [1.29, 1.82) is 5.26 Å². The molecule has 1 N–H and O–H groups in total. The van der Waals surface area contributed by atoms with Crippen molar-refractivity contribution in [3.05, 3.63) is 18.2 Å². The van der Waals surface area contributed by atoms with Crippen molar-refractivity contribution in [3.63, 3.8) is 0 Å². The predicted octanol–water partition coefficient (Wildman–Crippen LogP) is 0.886. The van der Waals surface area contributed by atoms with Crippen LogP contribution in [0.4, 0.5) is 0 Å². The Balaban J connectivity index is 1.98. The molecule has 18 heavy (non-hydrogen) atoms. The highest BCUT2D eigenvalue weighted by Gasteiger charge is 2.39. The standard InChI is InChI=1S/C13H21N5/c1-15-13(10-14)5-4-11(8-13)18(3)9-12-16-6-7-17(12)2/h6-7,11,15H,4-5,8-9H2,1-3H3. The Morgan fingerprint density at radius 3 is 3.00 bits per heavy atom. The second kappa shape index (κ2) is 5.09. The molecule has 1 aliphatic carbocycles. The molecule has 1 saturated carbocycles. The van der Waals surface area contributed by atoms with E-state index in [2.05, 4.69) is 28.3 Å². The maximum absolute atomic E-state index is 9.27. The summed E-state index contributed by atoms with van der Waals surface area (Å²) in [6.45, 7) is 0.833. The number of rotatable bonds is 4. The van der Waals surface area contributed by atoms with Crippen LogP contribution >= 0.6 is 0 Å². The van der Waals surface area contributed by atoms with Crippen LogP contribution < -0.4 is 5.32 Å². The molecule has 2 atom stereocenters. The van der Waals surface area contributed by atoms with Gasteiger partial charge in [0.25, 0.3) is 0 Å². The van der Waals surface area contributed by atoms with E-state index in [1.807, 2.05) is 31.1 Å². The lowest BCUT2D eigenvalue weighted by Gasteiger charge is -2.26. The second-order valence-electron chi connectivity index (χ2n) is 5.21. The first-order chi connectivity index (χ1) is 8.60. The molecule has 1 heterocycles. The van der Waals surface area contributed by atoms with E-state index in [0.29, 0.717) is 6.04 Å². The van der Waals surface area contributed by atoms with E-state index in [4.69, 9.17) is 0 Å². The smallest absolute Gasteiger partial charge is 0.122 e. The van der Waals surface area contributed by atoms with Crippen molar-refractivity contribution in [2.24, 2.45) is 7.05 Å². The van der Waals surface area contributed by atoms with Crippen molar-refractivity contribution in [1.82, 2.24) is 19.8 Å². The molecule has 5 nitrogen and oxygen atoms in total. The molecular weight excluding hydrogens is 226 g/mol. The summed E-state index contributed by atoms with van der Waals surface area (Å²) in [7, 11) is 6.00. The minimum atomic E-state index is -0.333. The Morgan fingerprint density at radius 2 is 2.50 bits per heavy atom. The van der Waals surface area contributed by atoms with Gasteiger partial charge in [0.2, 0.25) is 0 Å². The largest absolute Gasteiger partial charge is 0.337 e. The number of aromatic nitrogens is 2. The molecule has 0 saturated heterocycles. The highest BCUT2D eigenvalue weighted by molar-refractivity contribution is 5.12. The molecule has 2 unspecified atom stereocenters. The quantitative estimate of drug-likeness (QED) is 0.858. The highest BCUT2D eigenvalue weighted by atomic mass is 15.2. The molecule has 0 radical (unpaired) electrons. The zero-order chi connectivity index (χ0) is 13.2. The minimum Gasteiger partial charge on any atom is -0.337 e. The summed E-state index contributed by atoms with van der Waals surface area (Å²) < 4.78 is 2.04. The number of nitriles is 1. The summed E-state index contributed by atoms with van der Waals surface area (Å²) in [6.07, 6.45) is 6.67. The van der Waals surface area contributed by atoms with E-state index >= 15 is 0 Å². The summed E-state index contributed by atoms with van der Waals surface area (Å²) in [6, 6.07) is 2.88. The van der Waals surface area contributed by atoms with Gasteiger partial charge >= 0.3 is 0 Å². The third-order valence-electron chi connectivity index (χ3n) is 4.12. The average Bonchev–Trinajstić information content (AvgIpc) is 2.97. The fourth-order valence-electron chi connectivity index (χ4n) is 2.68. The van der Waals surface area contributed by atoms with Gasteiger partial charge in [-0.15, -0.1) is 0 Å². The molecule has 0 aliphatic heterocycles. The highest BCUT2D eigenvalue weighted by Crippen LogP contribution is 2.32. The fourth-order valence-corrected chi connectivity index (χ4v) is 2.68. The summed E-state index contributed by atoms with van der Waals surface area (Å²) in [5.74, 6) is 1.07. The van der Waals surface area contributed by atoms with Crippen molar-refractivity contribution in [3.8, 4) is 6.07 Å². The van der Waals surface area contributed by atoms with Gasteiger partial charge in [0, 0.05) is 25.5 Å². The third-order valence-corrected chi connectivity index (χ3v) is 4.12. The first-order valence-corrected chi connectivity index (χ1v) is 6.37. The fraction of sp³-hybridized carbons (Fsp3) is 0.692. The van der Waals surface area contributed by atoms with Crippen LogP contribution in [0.15, 0.2) is 12.4 Å². The number of aryl methyl sites for hydroxylation is 1. The van der Waals surface area contributed by atoms with Crippen LogP contribution in [0.25, 0.3) is 0 Å². The lowest BCUT2D eigenvalue weighted by Crippen LogP contribution is -2.41. The molecule has 0 bridgehead atoms. The van der Waals surface area contributed by atoms with Crippen LogP contribution in [-0.2, 0) is 13.6 Å². The van der Waals surface area contributed by atoms with Crippen molar-refractivity contribution < 1.29 is 0 Å². The lowest BCUT2D eigenvalue weighted by molar-refractivity contribution is 0.222. The predicted molar refractivity (Wildman–Crippen MR) is 69.7 cm³/mol. The topological polar surface area (TPSA) is 56.9 Å². The van der Waals surface area contributed by atoms with Gasteiger partial charge in [0.05, 0.1) is 12.6 Å². The molecular formula is C13H21N5. The molecule has 0 spiro atoms. The van der Waals surface area contributed by atoms with Crippen LogP contribution in [0.1, 0.15) is 25.1 Å². The molecule has 1 aliphatic rings. The molecule has 5 heteroatoms. The van der Waals surface area contributed by atoms with Crippen LogP contribution in [0.3, 0.4) is 0 Å². The average molecular weight is 247 g/mol. The van der Waals surface area contributed by atoms with Crippen LogP contribution in [-0.4, -0.2) is 40.1 Å². The maximum Gasteiger partial charge on any atom is 0.122 e. The van der Waals surface area contributed by atoms with E-state index in [9.17, 15) is 5.26 Å². The van der Waals surface area contributed by atoms with Crippen molar-refractivity contribution in [2.45, 2.75) is 37.4 Å². The zero-order valence-corrected chi connectivity index (χ0v) is 11.3. The summed E-state index contributed by atoms with van der Waals surface area (Å²) in [4.78, 5) is 6.65. The van der Waals surface area contributed by atoms with Gasteiger partial charge in [-0.1, -0.05) is 0 Å². The van der Waals surface area contributed by atoms with Crippen LogP contribution in [0.2, 0.25) is 0 Å². The van der Waals surface area contributed by atoms with Crippen molar-refractivity contribution >= 4 is 0 Å². The Bertz CT molecular complexity index is 446. The molecule has 1 fully saturated rings. The van der Waals surface area contributed by atoms with E-state index in [-0.39, 0.29) is 5.54 Å². The lowest BCUT2D eigenvalue weighted by atomic mass is 10.00. The number of nitrogens with one attached hydrogen (secondary N) is 1. The van der Waals surface area contributed by atoms with E-state index in [0.717, 1.165) is 31.6 Å². The van der Waals surface area contributed by atoms with Gasteiger partial charge < -0.3 is 9.88 Å². The second-order valence-corrected chi connectivity index (χ2v) is 5.21. The van der Waals surface area contributed by atoms with Gasteiger partial charge in [0.1, 0.15) is 11.4 Å². The SMILES string of the molecule is CNC1(C#N)CCC(N(C)Cc2nccn2C)C1. The Hall–Kier alpha value is -1.38. The molecule has 0 aromatic carbocycles. The minimum absolute atomic E-state index is 0.333. The normalized spacial score (nSPS) is 27.6. The maximum atomic E-state index is 9.27. The zero-order valence-electron chi connectivity index (χ0n) is 11.3. The first kappa shape index (κ1) is 13.1. The molecule has 1 aromatic rings. The molecule has 2 rings (SSSR count). The van der Waals surface area contributed by atoms with Crippen LogP contribution in [0, 0.1) is 11.3 Å². The van der Waals surface area contributed by atoms with Gasteiger partial charge in [-0.25, -0.2) is 4.98 Å². The summed E-state index contributed by atoms with van der Waals surface area (Å²) in [5.41, 5.74) is -0.333. The molecule has 1 aromatic heterocycles. The van der Waals surface area contributed by atoms with Gasteiger partial charge in [-0.3, -0.25) is 4.90 Å². The molecule has 98 valence electrons. The Morgan fingerprint density at radius 1 is 1.72 bits per heavy atom. The Labute approximate surface area is 108 Å². The summed E-state index contributed by atoms with van der Waals surface area (Å²) >= 11 is 0. The van der Waals surface area contributed by atoms with Gasteiger partial charge in [-0.2, -0.15) is 5.26 Å². The van der Waals surface area contributed by atoms with Crippen molar-refractivity contribution in [2.75, 3.05) is 14.1 Å². The number of imidazole rings is 1. The number of hydrogen-bond donors (Lipinski definition) is 1. The monoisotopic (exact) mass is 247 g/mol. The van der Waals surface area contributed by atoms with E-state index in [1.165, 1.54) is 0 Å². The third kappa shape index (κ3) is 2.40.